The maximum atomic E-state index is 11.2. The Morgan fingerprint density at radius 1 is 1.71 bits per heavy atom. The number of hydrogen-bond acceptors (Lipinski definition) is 5. The summed E-state index contributed by atoms with van der Waals surface area (Å²) < 4.78 is 10.1. The maximum absolute atomic E-state index is 11.2. The highest BCUT2D eigenvalue weighted by atomic mass is 32.2. The summed E-state index contributed by atoms with van der Waals surface area (Å²) in [5.41, 5.74) is 0.120. The molecule has 0 aromatic heterocycles. The molecule has 0 bridgehead atoms. The molecule has 2 rings (SSSR count). The minimum Gasteiger partial charge on any atom is -0.467 e. The Labute approximate surface area is 87.7 Å². The third-order valence-electron chi connectivity index (χ3n) is 2.79. The average Bonchev–Trinajstić information content (AvgIpc) is 2.67. The van der Waals surface area contributed by atoms with E-state index in [-0.39, 0.29) is 11.5 Å². The van der Waals surface area contributed by atoms with Gasteiger partial charge in [-0.25, -0.2) is 4.79 Å². The molecular weight excluding hydrogens is 202 g/mol. The zero-order chi connectivity index (χ0) is 10.0. The van der Waals surface area contributed by atoms with E-state index in [9.17, 15) is 4.79 Å². The first-order valence-electron chi connectivity index (χ1n) is 4.78. The normalized spacial score (nSPS) is 37.4. The molecule has 0 amide bonds. The van der Waals surface area contributed by atoms with Crippen molar-refractivity contribution >= 4 is 17.7 Å². The number of nitrogens with one attached hydrogen (secondary N) is 1. The molecule has 1 N–H and O–H groups in total. The third kappa shape index (κ3) is 1.89. The van der Waals surface area contributed by atoms with Crippen LogP contribution in [0.15, 0.2) is 0 Å². The molecule has 2 aliphatic rings. The van der Waals surface area contributed by atoms with E-state index in [2.05, 4.69) is 10.1 Å². The van der Waals surface area contributed by atoms with E-state index in [1.165, 1.54) is 12.9 Å². The zero-order valence-electron chi connectivity index (χ0n) is 8.25. The summed E-state index contributed by atoms with van der Waals surface area (Å²) in [5, 5.41) is 3.41. The first kappa shape index (κ1) is 10.3. The van der Waals surface area contributed by atoms with Gasteiger partial charge in [-0.15, -0.1) is 0 Å². The van der Waals surface area contributed by atoms with E-state index in [1.54, 1.807) is 0 Å². The van der Waals surface area contributed by atoms with Gasteiger partial charge >= 0.3 is 5.97 Å². The van der Waals surface area contributed by atoms with Crippen molar-refractivity contribution < 1.29 is 14.3 Å². The molecule has 0 radical (unpaired) electrons. The van der Waals surface area contributed by atoms with Crippen LogP contribution in [0.1, 0.15) is 6.42 Å². The van der Waals surface area contributed by atoms with Crippen LogP contribution in [0, 0.1) is 0 Å². The largest absolute Gasteiger partial charge is 0.467 e. The van der Waals surface area contributed by atoms with Crippen molar-refractivity contribution in [2.75, 3.05) is 31.8 Å². The Morgan fingerprint density at radius 2 is 2.57 bits per heavy atom. The molecule has 0 aliphatic carbocycles. The second kappa shape index (κ2) is 4.08. The fraction of sp³-hybridized carbons (Fsp3) is 0.889. The molecule has 5 heteroatoms. The van der Waals surface area contributed by atoms with Crippen LogP contribution < -0.4 is 5.32 Å². The van der Waals surface area contributed by atoms with Gasteiger partial charge in [-0.05, 0) is 12.2 Å². The lowest BCUT2D eigenvalue weighted by Crippen LogP contribution is -2.59. The lowest BCUT2D eigenvalue weighted by molar-refractivity contribution is -0.158. The second-order valence-electron chi connectivity index (χ2n) is 3.79. The van der Waals surface area contributed by atoms with Gasteiger partial charge in [0.25, 0.3) is 0 Å². The van der Waals surface area contributed by atoms with Crippen molar-refractivity contribution in [3.05, 3.63) is 0 Å². The Bertz CT molecular complexity index is 218. The van der Waals surface area contributed by atoms with Crippen molar-refractivity contribution in [1.82, 2.24) is 5.32 Å². The topological polar surface area (TPSA) is 47.6 Å². The fourth-order valence-electron chi connectivity index (χ4n) is 1.82. The maximum Gasteiger partial charge on any atom is 0.336 e. The smallest absolute Gasteiger partial charge is 0.336 e. The molecular formula is C9H15NO3S. The molecule has 1 spiro atoms. The van der Waals surface area contributed by atoms with Gasteiger partial charge in [-0.1, -0.05) is 0 Å². The van der Waals surface area contributed by atoms with Gasteiger partial charge in [0.15, 0.2) is 6.10 Å². The molecule has 0 aromatic rings. The number of carbonyl (C=O) groups is 1. The number of esters is 1. The van der Waals surface area contributed by atoms with Crippen LogP contribution in [0.5, 0.6) is 0 Å². The van der Waals surface area contributed by atoms with Gasteiger partial charge in [0, 0.05) is 12.3 Å². The van der Waals surface area contributed by atoms with Crippen LogP contribution in [0.4, 0.5) is 0 Å². The van der Waals surface area contributed by atoms with E-state index < -0.39 is 6.10 Å². The number of rotatable bonds is 1. The van der Waals surface area contributed by atoms with Gasteiger partial charge in [0.05, 0.1) is 19.3 Å². The van der Waals surface area contributed by atoms with Crippen molar-refractivity contribution in [3.63, 3.8) is 0 Å². The number of carbonyl (C=O) groups excluding carboxylic acids is 1. The lowest BCUT2D eigenvalue weighted by Gasteiger charge is -2.36. The summed E-state index contributed by atoms with van der Waals surface area (Å²) in [4.78, 5) is 11.2. The van der Waals surface area contributed by atoms with Gasteiger partial charge in [-0.3, -0.25) is 0 Å². The van der Waals surface area contributed by atoms with Crippen LogP contribution in [-0.2, 0) is 14.3 Å². The molecule has 0 saturated carbocycles. The number of morpholine rings is 1. The summed E-state index contributed by atoms with van der Waals surface area (Å²) in [5.74, 6) is 1.98. The molecule has 2 saturated heterocycles. The van der Waals surface area contributed by atoms with E-state index in [0.717, 1.165) is 12.2 Å². The summed E-state index contributed by atoms with van der Waals surface area (Å²) in [6, 6.07) is 0. The predicted octanol–water partition coefficient (Wildman–Crippen LogP) is 0.0235. The molecule has 2 heterocycles. The van der Waals surface area contributed by atoms with Crippen molar-refractivity contribution in [2.24, 2.45) is 0 Å². The fourth-order valence-corrected chi connectivity index (χ4v) is 3.22. The van der Waals surface area contributed by atoms with Crippen LogP contribution in [0.3, 0.4) is 0 Å². The van der Waals surface area contributed by atoms with Crippen LogP contribution in [0.2, 0.25) is 0 Å². The highest BCUT2D eigenvalue weighted by Gasteiger charge is 2.40. The monoisotopic (exact) mass is 217 g/mol. The van der Waals surface area contributed by atoms with Crippen molar-refractivity contribution in [2.45, 2.75) is 18.1 Å². The van der Waals surface area contributed by atoms with Crippen LogP contribution >= 0.6 is 11.8 Å². The molecule has 80 valence electrons. The van der Waals surface area contributed by atoms with Crippen LogP contribution in [0.25, 0.3) is 0 Å². The molecule has 2 atom stereocenters. The zero-order valence-corrected chi connectivity index (χ0v) is 9.06. The SMILES string of the molecule is COC(=O)C1CNC2(CCSC2)CO1. The summed E-state index contributed by atoms with van der Waals surface area (Å²) in [6.07, 6.45) is 0.710. The highest BCUT2D eigenvalue weighted by molar-refractivity contribution is 7.99. The Hall–Kier alpha value is -0.260. The number of methoxy groups -OCH3 is 1. The van der Waals surface area contributed by atoms with Gasteiger partial charge < -0.3 is 14.8 Å². The van der Waals surface area contributed by atoms with E-state index in [1.807, 2.05) is 11.8 Å². The van der Waals surface area contributed by atoms with E-state index in [0.29, 0.717) is 13.2 Å². The highest BCUT2D eigenvalue weighted by Crippen LogP contribution is 2.30. The summed E-state index contributed by atoms with van der Waals surface area (Å²) in [7, 11) is 1.39. The standard InChI is InChI=1S/C9H15NO3S/c1-12-8(11)7-4-10-9(5-13-7)2-3-14-6-9/h7,10H,2-6H2,1H3. The Morgan fingerprint density at radius 3 is 3.07 bits per heavy atom. The van der Waals surface area contributed by atoms with E-state index >= 15 is 0 Å². The molecule has 14 heavy (non-hydrogen) atoms. The molecule has 0 aromatic carbocycles. The van der Waals surface area contributed by atoms with Crippen molar-refractivity contribution in [1.29, 1.82) is 0 Å². The third-order valence-corrected chi connectivity index (χ3v) is 4.04. The minimum absolute atomic E-state index is 0.120. The molecule has 4 nitrogen and oxygen atoms in total. The molecule has 2 unspecified atom stereocenters. The predicted molar refractivity (Wildman–Crippen MR) is 54.4 cm³/mol. The summed E-state index contributed by atoms with van der Waals surface area (Å²) in [6.45, 7) is 1.20. The number of hydrogen-bond donors (Lipinski definition) is 1. The van der Waals surface area contributed by atoms with Gasteiger partial charge in [0.2, 0.25) is 0 Å². The van der Waals surface area contributed by atoms with Crippen LogP contribution in [-0.4, -0.2) is 49.4 Å². The molecule has 2 aliphatic heterocycles. The second-order valence-corrected chi connectivity index (χ2v) is 4.89. The number of thioether (sulfide) groups is 1. The Balaban J connectivity index is 1.88. The minimum atomic E-state index is -0.420. The lowest BCUT2D eigenvalue weighted by atomic mass is 9.98. The molecule has 2 fully saturated rings. The van der Waals surface area contributed by atoms with Gasteiger partial charge in [-0.2, -0.15) is 11.8 Å². The first-order chi connectivity index (χ1) is 6.76. The quantitative estimate of drug-likeness (QED) is 0.628. The van der Waals surface area contributed by atoms with Crippen molar-refractivity contribution in [3.8, 4) is 0 Å². The summed E-state index contributed by atoms with van der Waals surface area (Å²) >= 11 is 1.94. The number of ether oxygens (including phenoxy) is 2. The van der Waals surface area contributed by atoms with E-state index in [4.69, 9.17) is 4.74 Å². The van der Waals surface area contributed by atoms with Gasteiger partial charge in [0.1, 0.15) is 0 Å². The Kier molecular flexibility index (Phi) is 2.99. The first-order valence-corrected chi connectivity index (χ1v) is 5.93. The average molecular weight is 217 g/mol.